The van der Waals surface area contributed by atoms with Gasteiger partial charge in [0.1, 0.15) is 29.4 Å². The Morgan fingerprint density at radius 1 is 1.34 bits per heavy atom. The highest BCUT2D eigenvalue weighted by molar-refractivity contribution is 7.98. The molecule has 4 N–H and O–H groups in total. The summed E-state index contributed by atoms with van der Waals surface area (Å²) in [5, 5.41) is 10.2. The van der Waals surface area contributed by atoms with Crippen molar-refractivity contribution in [3.63, 3.8) is 0 Å². The number of anilines is 1. The second-order valence-electron chi connectivity index (χ2n) is 9.04. The van der Waals surface area contributed by atoms with E-state index in [4.69, 9.17) is 24.2 Å². The predicted molar refractivity (Wildman–Crippen MR) is 121 cm³/mol. The Labute approximate surface area is 191 Å². The number of halogens is 1. The molecule has 0 unspecified atom stereocenters. The monoisotopic (exact) mass is 508 g/mol. The van der Waals surface area contributed by atoms with Crippen molar-refractivity contribution in [3.05, 3.63) is 6.33 Å². The summed E-state index contributed by atoms with van der Waals surface area (Å²) in [5.74, 6) is 0.210. The molecule has 4 atom stereocenters. The van der Waals surface area contributed by atoms with Crippen molar-refractivity contribution in [3.8, 4) is 0 Å². The van der Waals surface area contributed by atoms with Crippen LogP contribution in [0.1, 0.15) is 27.0 Å². The first kappa shape index (κ1) is 25.3. The van der Waals surface area contributed by atoms with Gasteiger partial charge < -0.3 is 14.9 Å². The molecule has 1 aliphatic rings. The lowest BCUT2D eigenvalue weighted by Gasteiger charge is -2.39. The number of aromatic nitrogens is 4. The molecule has 11 nitrogen and oxygen atoms in total. The van der Waals surface area contributed by atoms with Gasteiger partial charge in [-0.05, 0) is 24.4 Å². The summed E-state index contributed by atoms with van der Waals surface area (Å²) < 4.78 is 56.8. The molecular formula is C17H29FN6O5S2Si. The summed E-state index contributed by atoms with van der Waals surface area (Å²) in [4.78, 5) is 8.19. The van der Waals surface area contributed by atoms with Crippen LogP contribution < -0.4 is 10.9 Å². The quantitative estimate of drug-likeness (QED) is 0.418. The van der Waals surface area contributed by atoms with Crippen molar-refractivity contribution in [2.24, 2.45) is 5.14 Å². The number of fused-ring (bicyclic) bond motifs is 1. The fraction of sp³-hybridized carbons (Fsp3) is 0.706. The lowest BCUT2D eigenvalue weighted by molar-refractivity contribution is -0.0446. The minimum atomic E-state index is -4.26. The molecule has 1 fully saturated rings. The van der Waals surface area contributed by atoms with E-state index in [2.05, 4.69) is 15.1 Å². The number of nitrogen functional groups attached to an aromatic ring is 1. The van der Waals surface area contributed by atoms with E-state index in [9.17, 15) is 8.42 Å². The van der Waals surface area contributed by atoms with Crippen LogP contribution in [0.15, 0.2) is 11.4 Å². The van der Waals surface area contributed by atoms with Gasteiger partial charge in [-0.3, -0.25) is 4.18 Å². The maximum atomic E-state index is 15.9. The number of nitrogens with zero attached hydrogens (tertiary/aromatic N) is 4. The molecule has 180 valence electrons. The molecule has 0 aromatic carbocycles. The third-order valence-electron chi connectivity index (χ3n) is 5.82. The maximum Gasteiger partial charge on any atom is 0.333 e. The Kier molecular flexibility index (Phi) is 6.93. The number of alkyl halides is 1. The van der Waals surface area contributed by atoms with E-state index in [0.717, 1.165) is 0 Å². The van der Waals surface area contributed by atoms with Gasteiger partial charge in [0.15, 0.2) is 26.4 Å². The summed E-state index contributed by atoms with van der Waals surface area (Å²) in [6, 6.07) is 0. The molecule has 0 spiro atoms. The van der Waals surface area contributed by atoms with Gasteiger partial charge in [-0.25, -0.2) is 24.2 Å². The van der Waals surface area contributed by atoms with Gasteiger partial charge in [-0.1, -0.05) is 20.8 Å². The second-order valence-corrected chi connectivity index (χ2v) is 15.8. The third-order valence-corrected chi connectivity index (χ3v) is 11.4. The van der Waals surface area contributed by atoms with Gasteiger partial charge in [-0.2, -0.15) is 13.5 Å². The zero-order chi connectivity index (χ0) is 24.1. The van der Waals surface area contributed by atoms with E-state index < -0.39 is 49.8 Å². The summed E-state index contributed by atoms with van der Waals surface area (Å²) in [6.07, 6.45) is -2.01. The molecule has 15 heteroatoms. The highest BCUT2D eigenvalue weighted by Crippen LogP contribution is 2.43. The average molecular weight is 509 g/mol. The average Bonchev–Trinajstić information content (AvgIpc) is 3.17. The SMILES string of the molecule is CSc1nn([C@@H]2O[C@@H](COS(N)(=O)=O)[C@@H](O[Si](C)(C)C(C)(C)C)[C@@H]2F)c2ncnc(N)c12. The highest BCUT2D eigenvalue weighted by atomic mass is 32.2. The normalized spacial score (nSPS) is 25.0. The smallest absolute Gasteiger partial charge is 0.333 e. The van der Waals surface area contributed by atoms with Gasteiger partial charge in [0.25, 0.3) is 0 Å². The highest BCUT2D eigenvalue weighted by Gasteiger charge is 2.52. The lowest BCUT2D eigenvalue weighted by atomic mass is 10.1. The fourth-order valence-corrected chi connectivity index (χ4v) is 5.34. The molecule has 0 bridgehead atoms. The van der Waals surface area contributed by atoms with Crippen LogP contribution in [0.3, 0.4) is 0 Å². The zero-order valence-corrected chi connectivity index (χ0v) is 21.4. The van der Waals surface area contributed by atoms with Crippen LogP contribution >= 0.6 is 11.8 Å². The maximum absolute atomic E-state index is 15.9. The van der Waals surface area contributed by atoms with Crippen molar-refractivity contribution < 1.29 is 26.2 Å². The third kappa shape index (κ3) is 4.93. The zero-order valence-electron chi connectivity index (χ0n) is 18.8. The van der Waals surface area contributed by atoms with E-state index in [0.29, 0.717) is 16.1 Å². The Morgan fingerprint density at radius 3 is 2.56 bits per heavy atom. The van der Waals surface area contributed by atoms with Crippen LogP contribution in [0.25, 0.3) is 11.0 Å². The standard InChI is InChI=1S/C17H29FN6O5S2Si/c1-17(2,3)32(5,6)29-12-9(7-27-31(20,25)26)28-16(11(12)18)24-14-10(15(23-24)30-4)13(19)21-8-22-14/h8-9,11-12,16H,7H2,1-6H3,(H2,19,21,22)(H2,20,25,26)/t9-,11-,12+,16+/m0/s1. The van der Waals surface area contributed by atoms with Crippen LogP contribution in [-0.2, 0) is 23.7 Å². The number of thioether (sulfide) groups is 1. The molecule has 0 radical (unpaired) electrons. The molecule has 2 aromatic rings. The number of hydrogen-bond acceptors (Lipinski definition) is 10. The van der Waals surface area contributed by atoms with Crippen LogP contribution in [0.5, 0.6) is 0 Å². The van der Waals surface area contributed by atoms with Crippen molar-refractivity contribution in [1.82, 2.24) is 19.7 Å². The number of hydrogen-bond donors (Lipinski definition) is 2. The molecule has 0 amide bonds. The Morgan fingerprint density at radius 2 is 2.00 bits per heavy atom. The Hall–Kier alpha value is -1.36. The van der Waals surface area contributed by atoms with E-state index >= 15 is 4.39 Å². The summed E-state index contributed by atoms with van der Waals surface area (Å²) in [6.45, 7) is 9.48. The van der Waals surface area contributed by atoms with Crippen LogP contribution in [0, 0.1) is 0 Å². The minimum Gasteiger partial charge on any atom is -0.408 e. The molecule has 0 aliphatic carbocycles. The number of nitrogens with two attached hydrogens (primary N) is 2. The van der Waals surface area contributed by atoms with Crippen LogP contribution in [0.4, 0.5) is 10.2 Å². The summed E-state index contributed by atoms with van der Waals surface area (Å²) in [5.41, 5.74) is 6.29. The van der Waals surface area contributed by atoms with E-state index in [1.165, 1.54) is 22.8 Å². The first-order valence-corrected chi connectivity index (χ1v) is 15.4. The molecular weight excluding hydrogens is 479 g/mol. The van der Waals surface area contributed by atoms with E-state index in [-0.39, 0.29) is 10.9 Å². The summed E-state index contributed by atoms with van der Waals surface area (Å²) >= 11 is 1.31. The Bertz CT molecular complexity index is 1090. The number of ether oxygens (including phenoxy) is 1. The molecule has 3 rings (SSSR count). The van der Waals surface area contributed by atoms with Crippen LogP contribution in [0.2, 0.25) is 18.1 Å². The fourth-order valence-electron chi connectivity index (χ4n) is 3.13. The minimum absolute atomic E-state index is 0.210. The van der Waals surface area contributed by atoms with E-state index in [1.54, 1.807) is 6.26 Å². The van der Waals surface area contributed by atoms with Crippen molar-refractivity contribution in [1.29, 1.82) is 0 Å². The van der Waals surface area contributed by atoms with Gasteiger partial charge in [0.05, 0.1) is 12.0 Å². The largest absolute Gasteiger partial charge is 0.408 e. The van der Waals surface area contributed by atoms with Crippen molar-refractivity contribution in [2.75, 3.05) is 18.6 Å². The molecule has 0 saturated carbocycles. The Balaban J connectivity index is 2.02. The number of rotatable bonds is 7. The second kappa shape index (κ2) is 8.77. The first-order valence-electron chi connectivity index (χ1n) is 9.83. The molecule has 32 heavy (non-hydrogen) atoms. The lowest BCUT2D eigenvalue weighted by Crippen LogP contribution is -2.49. The van der Waals surface area contributed by atoms with Gasteiger partial charge in [0, 0.05) is 0 Å². The molecule has 1 aliphatic heterocycles. The predicted octanol–water partition coefficient (Wildman–Crippen LogP) is 1.98. The van der Waals surface area contributed by atoms with Crippen molar-refractivity contribution >= 4 is 47.2 Å². The van der Waals surface area contributed by atoms with Crippen LogP contribution in [-0.4, -0.2) is 67.7 Å². The first-order chi connectivity index (χ1) is 14.7. The summed E-state index contributed by atoms with van der Waals surface area (Å²) in [7, 11) is -6.72. The molecule has 2 aromatic heterocycles. The molecule has 1 saturated heterocycles. The topological polar surface area (TPSA) is 157 Å². The van der Waals surface area contributed by atoms with Gasteiger partial charge in [-0.15, -0.1) is 11.8 Å². The van der Waals surface area contributed by atoms with Crippen molar-refractivity contribution in [2.45, 2.75) is 68.5 Å². The molecule has 3 heterocycles. The van der Waals surface area contributed by atoms with E-state index in [1.807, 2.05) is 33.9 Å². The van der Waals surface area contributed by atoms with Gasteiger partial charge >= 0.3 is 10.3 Å². The van der Waals surface area contributed by atoms with Gasteiger partial charge in [0.2, 0.25) is 0 Å².